The summed E-state index contributed by atoms with van der Waals surface area (Å²) in [6.07, 6.45) is 10.5. The van der Waals surface area contributed by atoms with Crippen molar-refractivity contribution in [1.29, 1.82) is 0 Å². The molecule has 1 fully saturated rings. The third kappa shape index (κ3) is 0.681. The molecule has 2 aliphatic carbocycles. The molecule has 0 spiro atoms. The molecule has 10 heavy (non-hydrogen) atoms. The third-order valence-electron chi connectivity index (χ3n) is 2.96. The second kappa shape index (κ2) is 1.75. The molecule has 0 bridgehead atoms. The van der Waals surface area contributed by atoms with Crippen molar-refractivity contribution in [2.75, 3.05) is 0 Å². The fourth-order valence-corrected chi connectivity index (χ4v) is 1.98. The van der Waals surface area contributed by atoms with Gasteiger partial charge in [-0.25, -0.2) is 0 Å². The van der Waals surface area contributed by atoms with Gasteiger partial charge < -0.3 is 0 Å². The maximum Gasteiger partial charge on any atom is -0.0108 e. The van der Waals surface area contributed by atoms with E-state index < -0.39 is 0 Å². The first-order chi connectivity index (χ1) is 4.73. The fraction of sp³-hybridized carbons (Fsp3) is 0.600. The Morgan fingerprint density at radius 2 is 1.60 bits per heavy atom. The van der Waals surface area contributed by atoms with Crippen LogP contribution in [0, 0.1) is 17.3 Å². The van der Waals surface area contributed by atoms with Gasteiger partial charge in [0.25, 0.3) is 0 Å². The van der Waals surface area contributed by atoms with Gasteiger partial charge in [-0.1, -0.05) is 38.2 Å². The van der Waals surface area contributed by atoms with E-state index in [0.29, 0.717) is 5.41 Å². The van der Waals surface area contributed by atoms with Crippen molar-refractivity contribution in [3.8, 4) is 0 Å². The maximum atomic E-state index is 2.38. The molecule has 54 valence electrons. The highest BCUT2D eigenvalue weighted by molar-refractivity contribution is 5.24. The normalized spacial score (nSPS) is 40.6. The van der Waals surface area contributed by atoms with Crippen molar-refractivity contribution in [3.05, 3.63) is 24.3 Å². The lowest BCUT2D eigenvalue weighted by Gasteiger charge is -1.97. The highest BCUT2D eigenvalue weighted by Gasteiger charge is 2.54. The molecule has 0 amide bonds. The Morgan fingerprint density at radius 3 is 2.10 bits per heavy atom. The summed E-state index contributed by atoms with van der Waals surface area (Å²) in [6, 6.07) is 0. The molecule has 0 radical (unpaired) electrons. The molecule has 0 aromatic carbocycles. The number of hydrogen-bond acceptors (Lipinski definition) is 0. The van der Waals surface area contributed by atoms with E-state index in [4.69, 9.17) is 0 Å². The molecule has 0 heterocycles. The van der Waals surface area contributed by atoms with Crippen molar-refractivity contribution in [2.24, 2.45) is 17.3 Å². The van der Waals surface area contributed by atoms with Crippen LogP contribution in [-0.4, -0.2) is 0 Å². The van der Waals surface area contributed by atoms with E-state index in [1.807, 2.05) is 0 Å². The Bertz CT molecular complexity index is 176. The van der Waals surface area contributed by atoms with Gasteiger partial charge >= 0.3 is 0 Å². The van der Waals surface area contributed by atoms with Crippen LogP contribution in [0.4, 0.5) is 0 Å². The molecular formula is C10H14. The first-order valence-corrected chi connectivity index (χ1v) is 4.06. The smallest absolute Gasteiger partial charge is 0.0108 e. The van der Waals surface area contributed by atoms with E-state index >= 15 is 0 Å². The van der Waals surface area contributed by atoms with Gasteiger partial charge in [0.1, 0.15) is 0 Å². The van der Waals surface area contributed by atoms with Crippen LogP contribution >= 0.6 is 0 Å². The Hall–Kier alpha value is -0.520. The second-order valence-corrected chi connectivity index (χ2v) is 3.96. The van der Waals surface area contributed by atoms with E-state index in [0.717, 1.165) is 18.3 Å². The van der Waals surface area contributed by atoms with Crippen LogP contribution < -0.4 is 0 Å². The van der Waals surface area contributed by atoms with E-state index in [2.05, 4.69) is 38.2 Å². The maximum absolute atomic E-state index is 2.38. The standard InChI is InChI=1S/C10H14/c1-10(2)8-6-4-3-5-7-9(8)10/h4-9H,3H2,1-2H3. The molecule has 2 aliphatic rings. The minimum atomic E-state index is 0.563. The zero-order valence-corrected chi connectivity index (χ0v) is 6.67. The number of hydrogen-bond donors (Lipinski definition) is 0. The molecule has 0 N–H and O–H groups in total. The van der Waals surface area contributed by atoms with Gasteiger partial charge in [-0.2, -0.15) is 0 Å². The molecule has 0 aliphatic heterocycles. The topological polar surface area (TPSA) is 0 Å². The molecule has 2 atom stereocenters. The van der Waals surface area contributed by atoms with Crippen molar-refractivity contribution >= 4 is 0 Å². The molecule has 1 saturated carbocycles. The summed E-state index contributed by atoms with van der Waals surface area (Å²) in [4.78, 5) is 0. The summed E-state index contributed by atoms with van der Waals surface area (Å²) in [5.41, 5.74) is 0.563. The van der Waals surface area contributed by atoms with Crippen LogP contribution in [0.2, 0.25) is 0 Å². The van der Waals surface area contributed by atoms with E-state index in [-0.39, 0.29) is 0 Å². The summed E-state index contributed by atoms with van der Waals surface area (Å²) in [5.74, 6) is 1.68. The van der Waals surface area contributed by atoms with Crippen LogP contribution in [0.3, 0.4) is 0 Å². The molecular weight excluding hydrogens is 120 g/mol. The highest BCUT2D eigenvalue weighted by atomic mass is 14.6. The molecule has 0 aromatic heterocycles. The summed E-state index contributed by atoms with van der Waals surface area (Å²) >= 11 is 0. The highest BCUT2D eigenvalue weighted by Crippen LogP contribution is 2.60. The zero-order chi connectivity index (χ0) is 7.19. The Balaban J connectivity index is 2.23. The van der Waals surface area contributed by atoms with Gasteiger partial charge in [0.05, 0.1) is 0 Å². The van der Waals surface area contributed by atoms with Gasteiger partial charge in [0, 0.05) is 0 Å². The van der Waals surface area contributed by atoms with Crippen molar-refractivity contribution < 1.29 is 0 Å². The Kier molecular flexibility index (Phi) is 1.08. The quantitative estimate of drug-likeness (QED) is 0.447. The minimum absolute atomic E-state index is 0.563. The van der Waals surface area contributed by atoms with Gasteiger partial charge in [-0.3, -0.25) is 0 Å². The van der Waals surface area contributed by atoms with Gasteiger partial charge in [-0.05, 0) is 23.7 Å². The largest absolute Gasteiger partial charge is 0.0844 e. The predicted molar refractivity (Wildman–Crippen MR) is 43.7 cm³/mol. The molecule has 2 rings (SSSR count). The van der Waals surface area contributed by atoms with Crippen LogP contribution in [-0.2, 0) is 0 Å². The Labute approximate surface area is 62.6 Å². The van der Waals surface area contributed by atoms with Gasteiger partial charge in [0.15, 0.2) is 0 Å². The SMILES string of the molecule is CC1(C)C2C=CCC=CC21. The van der Waals surface area contributed by atoms with Crippen molar-refractivity contribution in [2.45, 2.75) is 20.3 Å². The number of rotatable bonds is 0. The first kappa shape index (κ1) is 6.21. The molecule has 0 nitrogen and oxygen atoms in total. The summed E-state index contributed by atoms with van der Waals surface area (Å²) in [6.45, 7) is 4.70. The fourth-order valence-electron chi connectivity index (χ4n) is 1.98. The van der Waals surface area contributed by atoms with Gasteiger partial charge in [0.2, 0.25) is 0 Å². The summed E-state index contributed by atoms with van der Waals surface area (Å²) < 4.78 is 0. The third-order valence-corrected chi connectivity index (χ3v) is 2.96. The van der Waals surface area contributed by atoms with Gasteiger partial charge in [-0.15, -0.1) is 0 Å². The van der Waals surface area contributed by atoms with E-state index in [9.17, 15) is 0 Å². The van der Waals surface area contributed by atoms with Crippen molar-refractivity contribution in [1.82, 2.24) is 0 Å². The molecule has 0 heteroatoms. The average Bonchev–Trinajstić information content (AvgIpc) is 2.47. The lowest BCUT2D eigenvalue weighted by Crippen LogP contribution is -1.88. The second-order valence-electron chi connectivity index (χ2n) is 3.96. The van der Waals surface area contributed by atoms with E-state index in [1.165, 1.54) is 0 Å². The lowest BCUT2D eigenvalue weighted by molar-refractivity contribution is 0.584. The lowest BCUT2D eigenvalue weighted by atomic mass is 10.1. The molecule has 2 unspecified atom stereocenters. The molecule has 0 aromatic rings. The van der Waals surface area contributed by atoms with E-state index in [1.54, 1.807) is 0 Å². The summed E-state index contributed by atoms with van der Waals surface area (Å²) in [7, 11) is 0. The number of fused-ring (bicyclic) bond motifs is 1. The monoisotopic (exact) mass is 134 g/mol. The molecule has 0 saturated heterocycles. The number of allylic oxidation sites excluding steroid dienone is 4. The minimum Gasteiger partial charge on any atom is -0.0844 e. The van der Waals surface area contributed by atoms with Crippen LogP contribution in [0.25, 0.3) is 0 Å². The zero-order valence-electron chi connectivity index (χ0n) is 6.67. The first-order valence-electron chi connectivity index (χ1n) is 4.06. The predicted octanol–water partition coefficient (Wildman–Crippen LogP) is 2.77. The van der Waals surface area contributed by atoms with Crippen LogP contribution in [0.1, 0.15) is 20.3 Å². The van der Waals surface area contributed by atoms with Crippen molar-refractivity contribution in [3.63, 3.8) is 0 Å². The average molecular weight is 134 g/mol. The van der Waals surface area contributed by atoms with Crippen LogP contribution in [0.5, 0.6) is 0 Å². The van der Waals surface area contributed by atoms with Crippen LogP contribution in [0.15, 0.2) is 24.3 Å². The summed E-state index contributed by atoms with van der Waals surface area (Å²) in [5, 5.41) is 0. The Morgan fingerprint density at radius 1 is 1.10 bits per heavy atom.